The van der Waals surface area contributed by atoms with Crippen LogP contribution in [-0.4, -0.2) is 0 Å². The maximum atomic E-state index is 6.25. The molecule has 46 valence electrons. The fraction of sp³-hybridized carbons (Fsp3) is 0. The van der Waals surface area contributed by atoms with E-state index in [-0.39, 0.29) is 16.8 Å². The van der Waals surface area contributed by atoms with Crippen LogP contribution in [0, 0.1) is 47.3 Å². The molecule has 0 heterocycles. The Balaban J connectivity index is -0.00000000762. The van der Waals surface area contributed by atoms with Crippen LogP contribution in [0.4, 0.5) is 0 Å². The van der Waals surface area contributed by atoms with Crippen molar-refractivity contribution >= 4 is 0 Å². The van der Waals surface area contributed by atoms with Gasteiger partial charge in [0.1, 0.15) is 0 Å². The zero-order valence-electron chi connectivity index (χ0n) is 4.12. The van der Waals surface area contributed by atoms with E-state index in [0.717, 1.165) is 0 Å². The van der Waals surface area contributed by atoms with Gasteiger partial charge < -0.3 is 47.3 Å². The zero-order chi connectivity index (χ0) is 8.00. The molecule has 0 atom stereocenters. The first-order valence-electron chi connectivity index (χ1n) is 0.894. The van der Waals surface area contributed by atoms with Crippen LogP contribution in [0.25, 0.3) is 0 Å². The number of nitrogens with zero attached hydrogens (tertiary/aromatic N) is 4. The van der Waals surface area contributed by atoms with Crippen LogP contribution in [0.3, 0.4) is 0 Å². The Kier molecular flexibility index (Phi) is 469. The molecule has 0 radical (unpaired) electrons. The van der Waals surface area contributed by atoms with Gasteiger partial charge in [-0.15, -0.1) is 0 Å². The molecule has 0 unspecified atom stereocenters. The van der Waals surface area contributed by atoms with Crippen molar-refractivity contribution in [2.45, 2.75) is 0 Å². The van der Waals surface area contributed by atoms with Gasteiger partial charge in [0.05, 0.1) is 0 Å². The summed E-state index contributed by atoms with van der Waals surface area (Å²) in [7, 11) is 0. The normalized spacial score (nSPS) is 0.889. The molecule has 0 aliphatic heterocycles. The maximum Gasteiger partial charge on any atom is 3.00 e. The van der Waals surface area contributed by atoms with Crippen LogP contribution in [0.5, 0.6) is 0 Å². The van der Waals surface area contributed by atoms with Gasteiger partial charge in [-0.1, -0.05) is 0 Å². The second-order valence-corrected chi connectivity index (χ2v) is 0. The van der Waals surface area contributed by atoms with E-state index >= 15 is 0 Å². The average molecular weight is 163 g/mol. The molecule has 0 aliphatic carbocycles. The van der Waals surface area contributed by atoms with E-state index in [2.05, 4.69) is 0 Å². The molecule has 0 bridgehead atoms. The standard InChI is InChI=1S/4CN.Co/c4*1-2;/q4*-1;+3. The summed E-state index contributed by atoms with van der Waals surface area (Å²) in [6, 6.07) is 0. The Hall–Kier alpha value is -1.53. The summed E-state index contributed by atoms with van der Waals surface area (Å²) in [4.78, 5) is 0. The van der Waals surface area contributed by atoms with Crippen molar-refractivity contribution in [2.24, 2.45) is 0 Å². The number of hydrogen-bond donors (Lipinski definition) is 0. The summed E-state index contributed by atoms with van der Waals surface area (Å²) in [5.41, 5.74) is 0. The molecule has 0 N–H and O–H groups in total. The molecule has 0 aromatic rings. The maximum absolute atomic E-state index is 6.25. The third kappa shape index (κ3) is 54.9. The molecule has 0 amide bonds. The van der Waals surface area contributed by atoms with Gasteiger partial charge in [-0.25, -0.2) is 0 Å². The van der Waals surface area contributed by atoms with Gasteiger partial charge in [-0.3, -0.25) is 0 Å². The monoisotopic (exact) mass is 163 g/mol. The van der Waals surface area contributed by atoms with Crippen LogP contribution >= 0.6 is 0 Å². The molecule has 9 heavy (non-hydrogen) atoms. The van der Waals surface area contributed by atoms with Gasteiger partial charge >= 0.3 is 16.8 Å². The summed E-state index contributed by atoms with van der Waals surface area (Å²) in [6.07, 6.45) is 0. The van der Waals surface area contributed by atoms with Gasteiger partial charge in [-0.05, 0) is 0 Å². The van der Waals surface area contributed by atoms with Crippen molar-refractivity contribution < 1.29 is 16.8 Å². The topological polar surface area (TPSA) is 95.2 Å². The van der Waals surface area contributed by atoms with Crippen LogP contribution in [0.15, 0.2) is 0 Å². The Morgan fingerprint density at radius 1 is 0.444 bits per heavy atom. The molecule has 0 saturated heterocycles. The van der Waals surface area contributed by atoms with Crippen LogP contribution in [-0.2, 0) is 16.8 Å². The summed E-state index contributed by atoms with van der Waals surface area (Å²) in [5, 5.41) is 25.0. The van der Waals surface area contributed by atoms with Crippen molar-refractivity contribution in [1.82, 2.24) is 0 Å². The minimum Gasteiger partial charge on any atom is -0.512 e. The molecule has 0 fully saturated rings. The van der Waals surface area contributed by atoms with Gasteiger partial charge in [0.15, 0.2) is 0 Å². The molecule has 0 aliphatic rings. The first kappa shape index (κ1) is 51.3. The van der Waals surface area contributed by atoms with Crippen molar-refractivity contribution in [3.63, 3.8) is 0 Å². The van der Waals surface area contributed by atoms with Gasteiger partial charge in [0.25, 0.3) is 0 Å². The Morgan fingerprint density at radius 2 is 0.444 bits per heavy atom. The van der Waals surface area contributed by atoms with Crippen LogP contribution in [0.1, 0.15) is 0 Å². The van der Waals surface area contributed by atoms with Crippen LogP contribution < -0.4 is 0 Å². The van der Waals surface area contributed by atoms with E-state index in [1.807, 2.05) is 0 Å². The van der Waals surface area contributed by atoms with Crippen LogP contribution in [0.2, 0.25) is 0 Å². The fourth-order valence-corrected chi connectivity index (χ4v) is 0. The Morgan fingerprint density at radius 3 is 0.444 bits per heavy atom. The molecule has 5 heteroatoms. The van der Waals surface area contributed by atoms with E-state index in [4.69, 9.17) is 47.3 Å². The van der Waals surface area contributed by atoms with Gasteiger partial charge in [-0.2, -0.15) is 0 Å². The predicted molar refractivity (Wildman–Crippen MR) is 19.9 cm³/mol. The molecule has 0 spiro atoms. The van der Waals surface area contributed by atoms with Gasteiger partial charge in [0, 0.05) is 0 Å². The first-order valence-corrected chi connectivity index (χ1v) is 0.894. The van der Waals surface area contributed by atoms with E-state index in [1.54, 1.807) is 0 Å². The first-order chi connectivity index (χ1) is 4.00. The van der Waals surface area contributed by atoms with E-state index in [1.165, 1.54) is 0 Å². The zero-order valence-corrected chi connectivity index (χ0v) is 5.16. The molecule has 0 rings (SSSR count). The minimum atomic E-state index is 0. The average Bonchev–Trinajstić information content (AvgIpc) is 2.03. The second-order valence-electron chi connectivity index (χ2n) is 0. The summed E-state index contributed by atoms with van der Waals surface area (Å²) in [6.45, 7) is 19.0. The fourth-order valence-electron chi connectivity index (χ4n) is 0. The third-order valence-electron chi connectivity index (χ3n) is 0. The Labute approximate surface area is 64.7 Å². The van der Waals surface area contributed by atoms with Crippen molar-refractivity contribution in [1.29, 1.82) is 21.0 Å². The second kappa shape index (κ2) is 82.2. The smallest absolute Gasteiger partial charge is 0.512 e. The largest absolute Gasteiger partial charge is 3.00 e. The van der Waals surface area contributed by atoms with Gasteiger partial charge in [0.2, 0.25) is 0 Å². The molecular weight excluding hydrogens is 163 g/mol. The summed E-state index contributed by atoms with van der Waals surface area (Å²) < 4.78 is 0. The SMILES string of the molecule is [C-]#N.[C-]#N.[C-]#N.[C-]#N.[Co+3]. The molecule has 0 saturated carbocycles. The number of hydrogen-bond acceptors (Lipinski definition) is 4. The molecule has 0 aromatic carbocycles. The predicted octanol–water partition coefficient (Wildman–Crippen LogP) is 0.383. The summed E-state index contributed by atoms with van der Waals surface area (Å²) in [5.74, 6) is 0. The van der Waals surface area contributed by atoms with E-state index in [0.29, 0.717) is 0 Å². The Bertz CT molecular complexity index is 55.5. The summed E-state index contributed by atoms with van der Waals surface area (Å²) >= 11 is 0. The van der Waals surface area contributed by atoms with E-state index < -0.39 is 0 Å². The quantitative estimate of drug-likeness (QED) is 0.482. The molecule has 4 nitrogen and oxygen atoms in total. The van der Waals surface area contributed by atoms with E-state index in [9.17, 15) is 0 Å². The third-order valence-corrected chi connectivity index (χ3v) is 0. The molecule has 0 aromatic heterocycles. The number of rotatable bonds is 0. The van der Waals surface area contributed by atoms with Crippen molar-refractivity contribution in [2.75, 3.05) is 0 Å². The molecular formula is C4CoN4-. The van der Waals surface area contributed by atoms with Crippen molar-refractivity contribution in [3.8, 4) is 0 Å². The minimum absolute atomic E-state index is 0. The van der Waals surface area contributed by atoms with Crippen molar-refractivity contribution in [3.05, 3.63) is 26.3 Å².